The zero-order valence-electron chi connectivity index (χ0n) is 9.34. The molecular weight excluding hydrogens is 292 g/mol. The van der Waals surface area contributed by atoms with E-state index < -0.39 is 0 Å². The standard InChI is InChI=1S/C14H9BrN2O/c15-12-3-1-2-11(8-12)14(9-16)10-4-6-13(17-18)7-5-10/h1-8,18H. The normalized spacial score (nSPS) is 13.3. The zero-order valence-corrected chi connectivity index (χ0v) is 10.9. The van der Waals surface area contributed by atoms with Crippen molar-refractivity contribution in [2.75, 3.05) is 0 Å². The molecule has 3 nitrogen and oxygen atoms in total. The van der Waals surface area contributed by atoms with Gasteiger partial charge >= 0.3 is 0 Å². The van der Waals surface area contributed by atoms with E-state index in [9.17, 15) is 5.26 Å². The average molecular weight is 301 g/mol. The van der Waals surface area contributed by atoms with E-state index in [0.29, 0.717) is 11.3 Å². The fourth-order valence-corrected chi connectivity index (χ4v) is 2.03. The number of nitriles is 1. The van der Waals surface area contributed by atoms with Crippen LogP contribution in [-0.2, 0) is 0 Å². The largest absolute Gasteiger partial charge is 0.410 e. The Morgan fingerprint density at radius 1 is 1.22 bits per heavy atom. The summed E-state index contributed by atoms with van der Waals surface area (Å²) in [6.07, 6.45) is 6.83. The lowest BCUT2D eigenvalue weighted by Gasteiger charge is -2.06. The second-order valence-corrected chi connectivity index (χ2v) is 4.56. The Morgan fingerprint density at radius 2 is 1.94 bits per heavy atom. The molecule has 1 aliphatic carbocycles. The van der Waals surface area contributed by atoms with E-state index in [1.165, 1.54) is 0 Å². The highest BCUT2D eigenvalue weighted by molar-refractivity contribution is 9.10. The first-order valence-electron chi connectivity index (χ1n) is 5.23. The topological polar surface area (TPSA) is 56.4 Å². The predicted molar refractivity (Wildman–Crippen MR) is 74.2 cm³/mol. The molecule has 0 spiro atoms. The minimum absolute atomic E-state index is 0.463. The third-order valence-corrected chi connectivity index (χ3v) is 2.99. The molecule has 1 aromatic rings. The molecule has 1 aliphatic rings. The van der Waals surface area contributed by atoms with Gasteiger partial charge in [0.25, 0.3) is 0 Å². The van der Waals surface area contributed by atoms with Crippen LogP contribution >= 0.6 is 15.9 Å². The van der Waals surface area contributed by atoms with Crippen LogP contribution < -0.4 is 0 Å². The van der Waals surface area contributed by atoms with Crippen molar-refractivity contribution >= 4 is 27.2 Å². The molecule has 0 radical (unpaired) electrons. The van der Waals surface area contributed by atoms with Crippen LogP contribution in [0.25, 0.3) is 5.57 Å². The summed E-state index contributed by atoms with van der Waals surface area (Å²) < 4.78 is 0.926. The van der Waals surface area contributed by atoms with Gasteiger partial charge in [0, 0.05) is 4.47 Å². The number of halogens is 1. The summed E-state index contributed by atoms with van der Waals surface area (Å²) >= 11 is 3.38. The Kier molecular flexibility index (Phi) is 3.75. The van der Waals surface area contributed by atoms with Crippen molar-refractivity contribution in [1.82, 2.24) is 0 Å². The molecule has 0 atom stereocenters. The number of allylic oxidation sites excluding steroid dienone is 6. The molecule has 0 fully saturated rings. The molecule has 0 saturated carbocycles. The summed E-state index contributed by atoms with van der Waals surface area (Å²) in [5, 5.41) is 21.0. The van der Waals surface area contributed by atoms with Crippen LogP contribution in [0.5, 0.6) is 0 Å². The maximum atomic E-state index is 9.28. The van der Waals surface area contributed by atoms with Crippen molar-refractivity contribution in [3.63, 3.8) is 0 Å². The Labute approximate surface area is 113 Å². The lowest BCUT2D eigenvalue weighted by molar-refractivity contribution is 0.320. The molecule has 0 bridgehead atoms. The van der Waals surface area contributed by atoms with E-state index in [0.717, 1.165) is 15.6 Å². The fraction of sp³-hybridized carbons (Fsp3) is 0. The Balaban J connectivity index is 2.48. The number of oxime groups is 1. The van der Waals surface area contributed by atoms with Gasteiger partial charge in [0.05, 0.1) is 5.57 Å². The minimum atomic E-state index is 0.463. The van der Waals surface area contributed by atoms with E-state index >= 15 is 0 Å². The van der Waals surface area contributed by atoms with Crippen molar-refractivity contribution in [1.29, 1.82) is 5.26 Å². The summed E-state index contributed by atoms with van der Waals surface area (Å²) in [6, 6.07) is 9.77. The number of rotatable bonds is 1. The van der Waals surface area contributed by atoms with Crippen molar-refractivity contribution < 1.29 is 5.21 Å². The van der Waals surface area contributed by atoms with Crippen molar-refractivity contribution in [2.24, 2.45) is 5.16 Å². The molecular formula is C14H9BrN2O. The molecule has 18 heavy (non-hydrogen) atoms. The summed E-state index contributed by atoms with van der Waals surface area (Å²) in [5.41, 5.74) is 2.69. The van der Waals surface area contributed by atoms with Gasteiger partial charge in [0.15, 0.2) is 0 Å². The van der Waals surface area contributed by atoms with E-state index in [1.54, 1.807) is 24.3 Å². The lowest BCUT2D eigenvalue weighted by Crippen LogP contribution is -1.95. The third-order valence-electron chi connectivity index (χ3n) is 2.50. The number of nitrogens with zero attached hydrogens (tertiary/aromatic N) is 2. The first-order valence-corrected chi connectivity index (χ1v) is 6.02. The van der Waals surface area contributed by atoms with Gasteiger partial charge in [0.2, 0.25) is 0 Å². The second kappa shape index (κ2) is 5.48. The van der Waals surface area contributed by atoms with Gasteiger partial charge in [-0.25, -0.2) is 0 Å². The predicted octanol–water partition coefficient (Wildman–Crippen LogP) is 3.68. The van der Waals surface area contributed by atoms with Crippen LogP contribution in [0.15, 0.2) is 63.8 Å². The summed E-state index contributed by atoms with van der Waals surface area (Å²) in [4.78, 5) is 0. The number of hydrogen-bond donors (Lipinski definition) is 1. The Morgan fingerprint density at radius 3 is 2.50 bits per heavy atom. The second-order valence-electron chi connectivity index (χ2n) is 3.64. The number of hydrogen-bond acceptors (Lipinski definition) is 3. The molecule has 88 valence electrons. The van der Waals surface area contributed by atoms with Gasteiger partial charge in [-0.05, 0) is 35.4 Å². The molecule has 1 aromatic carbocycles. The molecule has 0 saturated heterocycles. The smallest absolute Gasteiger partial charge is 0.102 e. The molecule has 0 unspecified atom stereocenters. The Hall–Kier alpha value is -2.12. The van der Waals surface area contributed by atoms with Gasteiger partial charge in [-0.2, -0.15) is 5.26 Å². The summed E-state index contributed by atoms with van der Waals surface area (Å²) in [5.74, 6) is 0. The van der Waals surface area contributed by atoms with Gasteiger partial charge in [-0.1, -0.05) is 45.4 Å². The van der Waals surface area contributed by atoms with Crippen molar-refractivity contribution in [3.05, 3.63) is 64.2 Å². The van der Waals surface area contributed by atoms with Gasteiger partial charge in [-0.3, -0.25) is 0 Å². The maximum absolute atomic E-state index is 9.28. The molecule has 0 aliphatic heterocycles. The van der Waals surface area contributed by atoms with Crippen LogP contribution in [-0.4, -0.2) is 10.9 Å². The molecule has 0 heterocycles. The highest BCUT2D eigenvalue weighted by atomic mass is 79.9. The third kappa shape index (κ3) is 2.58. The zero-order chi connectivity index (χ0) is 13.0. The van der Waals surface area contributed by atoms with Crippen LogP contribution in [0.3, 0.4) is 0 Å². The van der Waals surface area contributed by atoms with Gasteiger partial charge in [0.1, 0.15) is 11.8 Å². The quantitative estimate of drug-likeness (QED) is 0.488. The summed E-state index contributed by atoms with van der Waals surface area (Å²) in [7, 11) is 0. The molecule has 1 N–H and O–H groups in total. The van der Waals surface area contributed by atoms with Gasteiger partial charge < -0.3 is 5.21 Å². The van der Waals surface area contributed by atoms with Crippen LogP contribution in [0.4, 0.5) is 0 Å². The lowest BCUT2D eigenvalue weighted by atomic mass is 9.97. The average Bonchev–Trinajstić information content (AvgIpc) is 2.40. The van der Waals surface area contributed by atoms with Crippen LogP contribution in [0.2, 0.25) is 0 Å². The maximum Gasteiger partial charge on any atom is 0.102 e. The Bertz CT molecular complexity index is 615. The van der Waals surface area contributed by atoms with E-state index in [1.807, 2.05) is 24.3 Å². The van der Waals surface area contributed by atoms with Crippen molar-refractivity contribution in [2.45, 2.75) is 0 Å². The molecule has 0 aromatic heterocycles. The number of benzene rings is 1. The van der Waals surface area contributed by atoms with Crippen molar-refractivity contribution in [3.8, 4) is 6.07 Å². The highest BCUT2D eigenvalue weighted by Gasteiger charge is 2.08. The molecule has 0 amide bonds. The minimum Gasteiger partial charge on any atom is -0.410 e. The van der Waals surface area contributed by atoms with Gasteiger partial charge in [-0.15, -0.1) is 0 Å². The summed E-state index contributed by atoms with van der Waals surface area (Å²) in [6.45, 7) is 0. The first-order chi connectivity index (χ1) is 8.74. The van der Waals surface area contributed by atoms with Crippen LogP contribution in [0.1, 0.15) is 5.56 Å². The molecule has 4 heteroatoms. The first kappa shape index (κ1) is 12.3. The molecule has 2 rings (SSSR count). The van der Waals surface area contributed by atoms with Crippen LogP contribution in [0, 0.1) is 11.3 Å². The highest BCUT2D eigenvalue weighted by Crippen LogP contribution is 2.24. The van der Waals surface area contributed by atoms with E-state index in [-0.39, 0.29) is 0 Å². The SMILES string of the molecule is N#CC(=C1C=CC(=NO)C=C1)c1cccc(Br)c1. The fourth-order valence-electron chi connectivity index (χ4n) is 1.63. The van der Waals surface area contributed by atoms with E-state index in [4.69, 9.17) is 5.21 Å². The van der Waals surface area contributed by atoms with E-state index in [2.05, 4.69) is 27.2 Å². The monoisotopic (exact) mass is 300 g/mol.